The number of benzene rings is 1. The van der Waals surface area contributed by atoms with E-state index in [4.69, 9.17) is 33.9 Å². The van der Waals surface area contributed by atoms with Crippen LogP contribution in [0.15, 0.2) is 18.2 Å². The third-order valence-electron chi connectivity index (χ3n) is 5.63. The maximum absolute atomic E-state index is 12.6. The summed E-state index contributed by atoms with van der Waals surface area (Å²) in [5, 5.41) is 5.39. The van der Waals surface area contributed by atoms with E-state index in [0.29, 0.717) is 44.1 Å². The molecule has 0 unspecified atom stereocenters. The summed E-state index contributed by atoms with van der Waals surface area (Å²) in [4.78, 5) is 31.6. The van der Waals surface area contributed by atoms with Crippen molar-refractivity contribution in [3.05, 3.63) is 24.0 Å². The predicted molar refractivity (Wildman–Crippen MR) is 136 cm³/mol. The number of nitrogens with zero attached hydrogens (tertiary/aromatic N) is 3. The second-order valence-corrected chi connectivity index (χ2v) is 9.33. The van der Waals surface area contributed by atoms with Gasteiger partial charge in [-0.05, 0) is 37.0 Å². The molecule has 0 aliphatic rings. The van der Waals surface area contributed by atoms with E-state index in [1.54, 1.807) is 7.05 Å². The molecule has 2 atom stereocenters. The van der Waals surface area contributed by atoms with Gasteiger partial charge in [-0.3, -0.25) is 9.59 Å². The molecule has 1 heterocycles. The van der Waals surface area contributed by atoms with Gasteiger partial charge < -0.3 is 25.8 Å². The molecule has 0 bridgehead atoms. The van der Waals surface area contributed by atoms with E-state index < -0.39 is 12.1 Å². The summed E-state index contributed by atoms with van der Waals surface area (Å²) in [5.41, 5.74) is 9.04. The molecule has 2 aromatic rings. The van der Waals surface area contributed by atoms with Gasteiger partial charge in [-0.25, -0.2) is 4.98 Å². The van der Waals surface area contributed by atoms with E-state index in [0.717, 1.165) is 22.5 Å². The van der Waals surface area contributed by atoms with E-state index in [1.165, 1.54) is 0 Å². The number of nitrogens with one attached hydrogen (secondary N) is 2. The van der Waals surface area contributed by atoms with E-state index in [2.05, 4.69) is 15.5 Å². The minimum atomic E-state index is -0.734. The molecule has 2 amide bonds. The van der Waals surface area contributed by atoms with Crippen LogP contribution in [0.1, 0.15) is 32.5 Å². The van der Waals surface area contributed by atoms with Crippen molar-refractivity contribution >= 4 is 51.7 Å². The van der Waals surface area contributed by atoms with Gasteiger partial charge in [0.1, 0.15) is 11.9 Å². The minimum absolute atomic E-state index is 0.215. The number of aromatic nitrogens is 2. The van der Waals surface area contributed by atoms with Gasteiger partial charge in [0.05, 0.1) is 17.1 Å². The number of rotatable bonds is 13. The molecular weight excluding hydrogens is 463 g/mol. The Hall–Kier alpha value is -2.03. The van der Waals surface area contributed by atoms with Crippen molar-refractivity contribution in [3.63, 3.8) is 0 Å². The molecule has 4 N–H and O–H groups in total. The van der Waals surface area contributed by atoms with Gasteiger partial charge in [-0.1, -0.05) is 13.8 Å². The SMILES string of the molecule is CNC(=O)[C@H](CC(C)C)NC(=O)[C@@H](N)CCc1nc2cc(N(CCCl)CCCl)ccc2n1C. The van der Waals surface area contributed by atoms with Crippen molar-refractivity contribution in [1.29, 1.82) is 0 Å². The number of nitrogens with two attached hydrogens (primary N) is 1. The first-order chi connectivity index (χ1) is 15.7. The number of carbonyl (C=O) groups is 2. The third kappa shape index (κ3) is 7.48. The molecule has 1 aromatic heterocycles. The van der Waals surface area contributed by atoms with Crippen molar-refractivity contribution in [2.45, 2.75) is 45.2 Å². The van der Waals surface area contributed by atoms with Gasteiger partial charge in [0.2, 0.25) is 11.8 Å². The van der Waals surface area contributed by atoms with E-state index in [9.17, 15) is 9.59 Å². The molecule has 10 heteroatoms. The number of imidazole rings is 1. The zero-order valence-electron chi connectivity index (χ0n) is 19.9. The monoisotopic (exact) mass is 498 g/mol. The standard InChI is InChI=1S/C23H36Cl2N6O2/c1-15(2)13-19(23(33)27-3)29-22(32)17(26)6-8-21-28-18-14-16(5-7-20(18)30(21)4)31(11-9-24)12-10-25/h5,7,14-15,17,19H,6,8-13,26H2,1-4H3,(H,27,33)(H,29,32)/t17-,19-/m0/s1. The van der Waals surface area contributed by atoms with Crippen LogP contribution in [0, 0.1) is 5.92 Å². The molecule has 0 saturated heterocycles. The maximum Gasteiger partial charge on any atom is 0.242 e. The first kappa shape index (κ1) is 27.2. The van der Waals surface area contributed by atoms with Gasteiger partial charge in [-0.2, -0.15) is 0 Å². The summed E-state index contributed by atoms with van der Waals surface area (Å²) in [7, 11) is 3.51. The topological polar surface area (TPSA) is 105 Å². The fraction of sp³-hybridized carbons (Fsp3) is 0.609. The lowest BCUT2D eigenvalue weighted by molar-refractivity contribution is -0.129. The van der Waals surface area contributed by atoms with E-state index in [-0.39, 0.29) is 17.7 Å². The Morgan fingerprint density at radius 2 is 1.85 bits per heavy atom. The summed E-state index contributed by atoms with van der Waals surface area (Å²) in [6.07, 6.45) is 1.51. The number of alkyl halides is 2. The number of hydrogen-bond acceptors (Lipinski definition) is 5. The van der Waals surface area contributed by atoms with Crippen molar-refractivity contribution in [2.24, 2.45) is 18.7 Å². The normalized spacial score (nSPS) is 13.2. The summed E-state index contributed by atoms with van der Waals surface area (Å²) in [6, 6.07) is 4.78. The van der Waals surface area contributed by atoms with Crippen LogP contribution >= 0.6 is 23.2 Å². The molecule has 0 radical (unpaired) electrons. The average molecular weight is 499 g/mol. The van der Waals surface area contributed by atoms with Gasteiger partial charge in [-0.15, -0.1) is 23.2 Å². The molecule has 0 saturated carbocycles. The fourth-order valence-electron chi connectivity index (χ4n) is 3.80. The second-order valence-electron chi connectivity index (χ2n) is 8.58. The molecule has 0 aliphatic heterocycles. The van der Waals surface area contributed by atoms with Gasteiger partial charge in [0.15, 0.2) is 0 Å². The predicted octanol–water partition coefficient (Wildman–Crippen LogP) is 2.39. The van der Waals surface area contributed by atoms with Crippen LogP contribution in [0.4, 0.5) is 5.69 Å². The lowest BCUT2D eigenvalue weighted by atomic mass is 10.0. The number of likely N-dealkylation sites (N-methyl/N-ethyl adjacent to an activating group) is 1. The van der Waals surface area contributed by atoms with Gasteiger partial charge >= 0.3 is 0 Å². The highest BCUT2D eigenvalue weighted by atomic mass is 35.5. The molecule has 0 fully saturated rings. The lowest BCUT2D eigenvalue weighted by Gasteiger charge is -2.22. The first-order valence-corrected chi connectivity index (χ1v) is 12.4. The minimum Gasteiger partial charge on any atom is -0.369 e. The van der Waals surface area contributed by atoms with E-state index in [1.807, 2.05) is 43.7 Å². The third-order valence-corrected chi connectivity index (χ3v) is 5.97. The Morgan fingerprint density at radius 3 is 2.42 bits per heavy atom. The van der Waals surface area contributed by atoms with Gasteiger partial charge in [0, 0.05) is 51.1 Å². The Bertz CT molecular complexity index is 927. The van der Waals surface area contributed by atoms with Crippen LogP contribution in [0.2, 0.25) is 0 Å². The second kappa shape index (κ2) is 13.0. The van der Waals surface area contributed by atoms with Crippen LogP contribution in [-0.2, 0) is 23.1 Å². The van der Waals surface area contributed by atoms with Crippen molar-refractivity contribution in [1.82, 2.24) is 20.2 Å². The van der Waals surface area contributed by atoms with Crippen molar-refractivity contribution < 1.29 is 9.59 Å². The quantitative estimate of drug-likeness (QED) is 0.367. The van der Waals surface area contributed by atoms with Crippen molar-refractivity contribution in [3.8, 4) is 0 Å². The number of anilines is 1. The van der Waals surface area contributed by atoms with Gasteiger partial charge in [0.25, 0.3) is 0 Å². The average Bonchev–Trinajstić information content (AvgIpc) is 3.10. The number of carbonyl (C=O) groups excluding carboxylic acids is 2. The van der Waals surface area contributed by atoms with Crippen LogP contribution in [-0.4, -0.2) is 65.3 Å². The van der Waals surface area contributed by atoms with Crippen molar-refractivity contribution in [2.75, 3.05) is 36.8 Å². The summed E-state index contributed by atoms with van der Waals surface area (Å²) in [6.45, 7) is 5.42. The highest BCUT2D eigenvalue weighted by Gasteiger charge is 2.24. The molecule has 1 aromatic carbocycles. The number of fused-ring (bicyclic) bond motifs is 1. The number of amides is 2. The Labute approximate surface area is 206 Å². The molecule has 0 spiro atoms. The molecular formula is C23H36Cl2N6O2. The Morgan fingerprint density at radius 1 is 1.18 bits per heavy atom. The number of hydrogen-bond donors (Lipinski definition) is 3. The first-order valence-electron chi connectivity index (χ1n) is 11.3. The van der Waals surface area contributed by atoms with Crippen LogP contribution < -0.4 is 21.3 Å². The number of halogens is 2. The lowest BCUT2D eigenvalue weighted by Crippen LogP contribution is -2.51. The summed E-state index contributed by atoms with van der Waals surface area (Å²) < 4.78 is 2.02. The Balaban J connectivity index is 2.08. The maximum atomic E-state index is 12.6. The smallest absolute Gasteiger partial charge is 0.242 e. The zero-order chi connectivity index (χ0) is 24.5. The zero-order valence-corrected chi connectivity index (χ0v) is 21.4. The largest absolute Gasteiger partial charge is 0.369 e. The molecule has 2 rings (SSSR count). The molecule has 33 heavy (non-hydrogen) atoms. The molecule has 8 nitrogen and oxygen atoms in total. The molecule has 0 aliphatic carbocycles. The fourth-order valence-corrected chi connectivity index (χ4v) is 4.21. The van der Waals surface area contributed by atoms with Crippen LogP contribution in [0.25, 0.3) is 11.0 Å². The van der Waals surface area contributed by atoms with Crippen LogP contribution in [0.5, 0.6) is 0 Å². The Kier molecular flexibility index (Phi) is 10.7. The van der Waals surface area contributed by atoms with E-state index >= 15 is 0 Å². The highest BCUT2D eigenvalue weighted by Crippen LogP contribution is 2.23. The molecule has 184 valence electrons. The highest BCUT2D eigenvalue weighted by molar-refractivity contribution is 6.18. The summed E-state index contributed by atoms with van der Waals surface area (Å²) >= 11 is 11.9. The van der Waals surface area contributed by atoms with Crippen LogP contribution in [0.3, 0.4) is 0 Å². The number of aryl methyl sites for hydroxylation is 2. The summed E-state index contributed by atoms with van der Waals surface area (Å²) in [5.74, 6) is 1.59.